The summed E-state index contributed by atoms with van der Waals surface area (Å²) in [5.41, 5.74) is 3.52. The van der Waals surface area contributed by atoms with Crippen molar-refractivity contribution < 1.29 is 18.7 Å². The Balaban J connectivity index is 1.37. The van der Waals surface area contributed by atoms with Gasteiger partial charge in [0, 0.05) is 34.2 Å². The third-order valence-corrected chi connectivity index (χ3v) is 10.6. The van der Waals surface area contributed by atoms with Gasteiger partial charge in [-0.25, -0.2) is 4.39 Å². The molecule has 43 heavy (non-hydrogen) atoms. The number of amides is 1. The van der Waals surface area contributed by atoms with Crippen molar-refractivity contribution in [3.05, 3.63) is 128 Å². The van der Waals surface area contributed by atoms with Crippen LogP contribution in [0.15, 0.2) is 94.1 Å². The number of thiophene rings is 1. The molecule has 0 spiro atoms. The monoisotopic (exact) mass is 611 g/mol. The van der Waals surface area contributed by atoms with Crippen molar-refractivity contribution in [1.29, 1.82) is 0 Å². The van der Waals surface area contributed by atoms with Crippen LogP contribution in [-0.2, 0) is 17.1 Å². The third kappa shape index (κ3) is 4.35. The maximum atomic E-state index is 15.0. The fourth-order valence-electron chi connectivity index (χ4n) is 6.33. The summed E-state index contributed by atoms with van der Waals surface area (Å²) < 4.78 is 30.1. The van der Waals surface area contributed by atoms with Crippen LogP contribution < -0.4 is 15.2 Å². The van der Waals surface area contributed by atoms with Crippen molar-refractivity contribution >= 4 is 39.1 Å². The van der Waals surface area contributed by atoms with Gasteiger partial charge in [0.05, 0.1) is 19.3 Å². The number of pyridine rings is 1. The van der Waals surface area contributed by atoms with Gasteiger partial charge in [0.2, 0.25) is 5.43 Å². The normalized spacial score (nSPS) is 19.3. The predicted octanol–water partition coefficient (Wildman–Crippen LogP) is 5.93. The number of halogens is 1. The minimum atomic E-state index is -0.491. The number of carbonyl (C=O) groups is 1. The van der Waals surface area contributed by atoms with Gasteiger partial charge in [-0.3, -0.25) is 19.3 Å². The van der Waals surface area contributed by atoms with Gasteiger partial charge in [0.15, 0.2) is 11.4 Å². The second kappa shape index (κ2) is 10.6. The second-order valence-electron chi connectivity index (χ2n) is 10.8. The Kier molecular flexibility index (Phi) is 6.50. The Morgan fingerprint density at radius 2 is 1.88 bits per heavy atom. The van der Waals surface area contributed by atoms with Gasteiger partial charge < -0.3 is 14.4 Å². The summed E-state index contributed by atoms with van der Waals surface area (Å²) in [6.07, 6.45) is 1.14. The molecule has 1 amide bonds. The van der Waals surface area contributed by atoms with Crippen LogP contribution in [0.3, 0.4) is 0 Å². The smallest absolute Gasteiger partial charge is 0.278 e. The molecule has 5 heterocycles. The molecule has 10 heteroatoms. The molecule has 0 radical (unpaired) electrons. The zero-order chi connectivity index (χ0) is 29.1. The quantitative estimate of drug-likeness (QED) is 0.251. The average Bonchev–Trinajstić information content (AvgIpc) is 3.46. The number of aromatic nitrogens is 1. The number of nitrogens with zero attached hydrogens (tertiary/aromatic N) is 3. The van der Waals surface area contributed by atoms with Crippen molar-refractivity contribution in [2.24, 2.45) is 0 Å². The van der Waals surface area contributed by atoms with Crippen molar-refractivity contribution in [3.8, 4) is 5.75 Å². The Morgan fingerprint density at radius 1 is 1.00 bits per heavy atom. The Hall–Kier alpha value is -4.12. The van der Waals surface area contributed by atoms with E-state index in [4.69, 9.17) is 9.47 Å². The molecule has 8 rings (SSSR count). The standard InChI is InChI=1S/C33H26FN3O4S2/c34-23-8-6-22-19-43-32-24(9-7-21-11-15-42-31(21)32)28(25(22)16-23)37-27-18-40-14-13-35(27)33(39)29-30(26(38)10-12-36(29)37)41-17-20-4-2-1-3-5-20/h1-12,15-16,27-28H,13-14,17-19H2/t27-,28+/m1/s1. The minimum absolute atomic E-state index is 0.00249. The molecule has 1 saturated heterocycles. The summed E-state index contributed by atoms with van der Waals surface area (Å²) in [7, 11) is 0. The lowest BCUT2D eigenvalue weighted by molar-refractivity contribution is -0.0199. The zero-order valence-electron chi connectivity index (χ0n) is 22.9. The molecule has 5 aromatic rings. The van der Waals surface area contributed by atoms with Gasteiger partial charge in [-0.05, 0) is 51.2 Å². The van der Waals surface area contributed by atoms with Crippen molar-refractivity contribution in [3.63, 3.8) is 0 Å². The molecular formula is C33H26FN3O4S2. The summed E-state index contributed by atoms with van der Waals surface area (Å²) >= 11 is 3.44. The van der Waals surface area contributed by atoms with E-state index in [2.05, 4.69) is 28.6 Å². The zero-order valence-corrected chi connectivity index (χ0v) is 24.6. The molecule has 3 aliphatic heterocycles. The third-order valence-electron chi connectivity index (χ3n) is 8.32. The van der Waals surface area contributed by atoms with Crippen molar-refractivity contribution in [1.82, 2.24) is 9.58 Å². The number of thioether (sulfide) groups is 1. The highest BCUT2D eigenvalue weighted by molar-refractivity contribution is 7.99. The number of morpholine rings is 1. The minimum Gasteiger partial charge on any atom is -0.482 e. The molecule has 3 aromatic carbocycles. The van der Waals surface area contributed by atoms with E-state index in [0.29, 0.717) is 18.9 Å². The molecule has 1 fully saturated rings. The number of ether oxygens (including phenoxy) is 2. The maximum Gasteiger partial charge on any atom is 0.278 e. The number of benzene rings is 3. The highest BCUT2D eigenvalue weighted by atomic mass is 32.2. The van der Waals surface area contributed by atoms with Crippen LogP contribution in [0.25, 0.3) is 10.1 Å². The van der Waals surface area contributed by atoms with Crippen LogP contribution in [0.2, 0.25) is 0 Å². The van der Waals surface area contributed by atoms with E-state index in [1.807, 2.05) is 36.4 Å². The van der Waals surface area contributed by atoms with Crippen molar-refractivity contribution in [2.75, 3.05) is 24.8 Å². The van der Waals surface area contributed by atoms with Crippen LogP contribution >= 0.6 is 23.1 Å². The predicted molar refractivity (Wildman–Crippen MR) is 165 cm³/mol. The van der Waals surface area contributed by atoms with Gasteiger partial charge in [-0.1, -0.05) is 48.5 Å². The molecular weight excluding hydrogens is 586 g/mol. The van der Waals surface area contributed by atoms with E-state index >= 15 is 4.39 Å². The fraction of sp³-hybridized carbons (Fsp3) is 0.212. The summed E-state index contributed by atoms with van der Waals surface area (Å²) in [5, 5.41) is 5.32. The lowest BCUT2D eigenvalue weighted by atomic mass is 9.93. The van der Waals surface area contributed by atoms with E-state index in [0.717, 1.165) is 32.5 Å². The van der Waals surface area contributed by atoms with Crippen LogP contribution in [0.4, 0.5) is 4.39 Å². The lowest BCUT2D eigenvalue weighted by Gasteiger charge is -2.51. The SMILES string of the molecule is O=C1c2c(OCc3ccccc3)c(=O)ccn2N([C@@H]2c3cc(F)ccc3CSc3c2ccc2ccsc32)[C@@H]2COCCN12. The molecule has 2 aromatic heterocycles. The van der Waals surface area contributed by atoms with Gasteiger partial charge in [0.1, 0.15) is 18.6 Å². The molecule has 2 atom stereocenters. The summed E-state index contributed by atoms with van der Waals surface area (Å²) in [5.74, 6) is 0.0617. The highest BCUT2D eigenvalue weighted by Gasteiger charge is 2.46. The Labute approximate surface area is 255 Å². The van der Waals surface area contributed by atoms with Crippen LogP contribution in [0.1, 0.15) is 38.8 Å². The first-order chi connectivity index (χ1) is 21.1. The summed E-state index contributed by atoms with van der Waals surface area (Å²) in [6.45, 7) is 1.14. The number of hydrogen-bond acceptors (Lipinski definition) is 7. The maximum absolute atomic E-state index is 15.0. The Bertz CT molecular complexity index is 1940. The molecule has 0 unspecified atom stereocenters. The first-order valence-electron chi connectivity index (χ1n) is 14.1. The second-order valence-corrected chi connectivity index (χ2v) is 12.7. The number of fused-ring (bicyclic) bond motifs is 6. The Morgan fingerprint density at radius 3 is 2.77 bits per heavy atom. The molecule has 0 bridgehead atoms. The summed E-state index contributed by atoms with van der Waals surface area (Å²) in [4.78, 5) is 30.4. The van der Waals surface area contributed by atoms with Crippen LogP contribution in [0, 0.1) is 5.82 Å². The lowest BCUT2D eigenvalue weighted by Crippen LogP contribution is -2.66. The number of rotatable bonds is 4. The first-order valence-corrected chi connectivity index (χ1v) is 16.0. The van der Waals surface area contributed by atoms with E-state index in [1.165, 1.54) is 16.8 Å². The van der Waals surface area contributed by atoms with Gasteiger partial charge in [0.25, 0.3) is 5.91 Å². The van der Waals surface area contributed by atoms with E-state index in [-0.39, 0.29) is 41.8 Å². The number of hydrogen-bond donors (Lipinski definition) is 0. The van der Waals surface area contributed by atoms with Gasteiger partial charge in [-0.15, -0.1) is 23.1 Å². The van der Waals surface area contributed by atoms with Crippen LogP contribution in [0.5, 0.6) is 5.75 Å². The van der Waals surface area contributed by atoms with Gasteiger partial charge >= 0.3 is 0 Å². The number of carbonyl (C=O) groups excluding carboxylic acids is 1. The van der Waals surface area contributed by atoms with Gasteiger partial charge in [-0.2, -0.15) is 0 Å². The topological polar surface area (TPSA) is 64.0 Å². The molecule has 0 aliphatic carbocycles. The van der Waals surface area contributed by atoms with Crippen molar-refractivity contribution in [2.45, 2.75) is 29.5 Å². The van der Waals surface area contributed by atoms with E-state index in [9.17, 15) is 9.59 Å². The molecule has 0 saturated carbocycles. The molecule has 0 N–H and O–H groups in total. The average molecular weight is 612 g/mol. The van der Waals surface area contributed by atoms with Crippen LogP contribution in [-0.4, -0.2) is 41.4 Å². The molecule has 216 valence electrons. The first kappa shape index (κ1) is 26.5. The fourth-order valence-corrected chi connectivity index (χ4v) is 8.66. The largest absolute Gasteiger partial charge is 0.482 e. The van der Waals surface area contributed by atoms with E-state index in [1.54, 1.807) is 44.9 Å². The van der Waals surface area contributed by atoms with E-state index < -0.39 is 12.2 Å². The molecule has 3 aliphatic rings. The summed E-state index contributed by atoms with van der Waals surface area (Å²) in [6, 6.07) is 21.8. The molecule has 7 nitrogen and oxygen atoms in total. The highest BCUT2D eigenvalue weighted by Crippen LogP contribution is 2.48.